The minimum atomic E-state index is -0.425. The van der Waals surface area contributed by atoms with Gasteiger partial charge in [0.15, 0.2) is 0 Å². The number of nitrogens with zero attached hydrogens (tertiary/aromatic N) is 2. The lowest BCUT2D eigenvalue weighted by atomic mass is 9.93. The van der Waals surface area contributed by atoms with Crippen LogP contribution in [0.5, 0.6) is 0 Å². The number of nitriles is 1. The molecule has 1 saturated heterocycles. The van der Waals surface area contributed by atoms with Gasteiger partial charge in [-0.15, -0.1) is 0 Å². The Labute approximate surface area is 160 Å². The SMILES string of the molecule is N#Cc1ccc(C2(C(=O)N[C@H](CN3CCCC3)c3ccccc3)CC2)cc1. The number of nitrogens with one attached hydrogen (secondary N) is 1. The van der Waals surface area contributed by atoms with Crippen LogP contribution in [0.1, 0.15) is 48.4 Å². The zero-order valence-corrected chi connectivity index (χ0v) is 15.5. The zero-order valence-electron chi connectivity index (χ0n) is 15.5. The van der Waals surface area contributed by atoms with Crippen LogP contribution in [-0.2, 0) is 10.2 Å². The normalized spacial score (nSPS) is 19.2. The van der Waals surface area contributed by atoms with Gasteiger partial charge in [-0.3, -0.25) is 4.79 Å². The summed E-state index contributed by atoms with van der Waals surface area (Å²) in [5.74, 6) is 0.111. The summed E-state index contributed by atoms with van der Waals surface area (Å²) in [4.78, 5) is 15.7. The second kappa shape index (κ2) is 7.54. The molecule has 1 aliphatic heterocycles. The monoisotopic (exact) mass is 359 g/mol. The Bertz CT molecular complexity index is 828. The first-order valence-electron chi connectivity index (χ1n) is 9.80. The smallest absolute Gasteiger partial charge is 0.231 e. The minimum absolute atomic E-state index is 0.00709. The summed E-state index contributed by atoms with van der Waals surface area (Å²) in [5.41, 5.74) is 2.39. The molecule has 1 atom stereocenters. The predicted molar refractivity (Wildman–Crippen MR) is 105 cm³/mol. The van der Waals surface area contributed by atoms with Crippen molar-refractivity contribution in [2.75, 3.05) is 19.6 Å². The summed E-state index contributed by atoms with van der Waals surface area (Å²) in [7, 11) is 0. The quantitative estimate of drug-likeness (QED) is 0.858. The highest BCUT2D eigenvalue weighted by atomic mass is 16.2. The molecule has 4 rings (SSSR count). The van der Waals surface area contributed by atoms with Crippen LogP contribution in [0.3, 0.4) is 0 Å². The van der Waals surface area contributed by atoms with E-state index in [-0.39, 0.29) is 11.9 Å². The van der Waals surface area contributed by atoms with Crippen molar-refractivity contribution in [2.45, 2.75) is 37.1 Å². The third-order valence-electron chi connectivity index (χ3n) is 5.90. The topological polar surface area (TPSA) is 56.1 Å². The molecular weight excluding hydrogens is 334 g/mol. The number of carbonyl (C=O) groups is 1. The molecule has 1 amide bonds. The van der Waals surface area contributed by atoms with Gasteiger partial charge >= 0.3 is 0 Å². The van der Waals surface area contributed by atoms with Crippen LogP contribution in [0, 0.1) is 11.3 Å². The highest BCUT2D eigenvalue weighted by Gasteiger charge is 2.51. The van der Waals surface area contributed by atoms with Crippen molar-refractivity contribution < 1.29 is 4.79 Å². The summed E-state index contributed by atoms with van der Waals surface area (Å²) in [5, 5.41) is 12.3. The summed E-state index contributed by atoms with van der Waals surface area (Å²) in [6, 6.07) is 19.9. The van der Waals surface area contributed by atoms with E-state index >= 15 is 0 Å². The van der Waals surface area contributed by atoms with Crippen LogP contribution in [0.25, 0.3) is 0 Å². The van der Waals surface area contributed by atoms with Crippen LogP contribution < -0.4 is 5.32 Å². The van der Waals surface area contributed by atoms with Crippen LogP contribution in [-0.4, -0.2) is 30.4 Å². The van der Waals surface area contributed by atoms with Crippen molar-refractivity contribution in [1.29, 1.82) is 5.26 Å². The van der Waals surface area contributed by atoms with E-state index in [1.807, 2.05) is 42.5 Å². The third kappa shape index (κ3) is 3.74. The molecule has 0 unspecified atom stereocenters. The molecule has 4 heteroatoms. The molecule has 2 fully saturated rings. The first-order valence-corrected chi connectivity index (χ1v) is 9.80. The van der Waals surface area contributed by atoms with E-state index in [0.29, 0.717) is 5.56 Å². The molecule has 2 aromatic carbocycles. The van der Waals surface area contributed by atoms with Crippen LogP contribution in [0.2, 0.25) is 0 Å². The molecular formula is C23H25N3O. The lowest BCUT2D eigenvalue weighted by molar-refractivity contribution is -0.124. The van der Waals surface area contributed by atoms with Gasteiger partial charge < -0.3 is 10.2 Å². The maximum atomic E-state index is 13.2. The fourth-order valence-corrected chi connectivity index (χ4v) is 4.08. The van der Waals surface area contributed by atoms with E-state index in [2.05, 4.69) is 28.4 Å². The Balaban J connectivity index is 1.53. The van der Waals surface area contributed by atoms with Crippen molar-refractivity contribution in [2.24, 2.45) is 0 Å². The number of rotatable bonds is 6. The summed E-state index contributed by atoms with van der Waals surface area (Å²) in [6.07, 6.45) is 4.22. The molecule has 27 heavy (non-hydrogen) atoms. The largest absolute Gasteiger partial charge is 0.347 e. The van der Waals surface area contributed by atoms with E-state index in [9.17, 15) is 4.79 Å². The Morgan fingerprint density at radius 3 is 2.33 bits per heavy atom. The number of benzene rings is 2. The highest BCUT2D eigenvalue weighted by molar-refractivity contribution is 5.91. The standard InChI is InChI=1S/C23H25N3O/c24-16-18-8-10-20(11-9-18)23(12-13-23)22(27)25-21(17-26-14-4-5-15-26)19-6-2-1-3-7-19/h1-3,6-11,21H,4-5,12-15,17H2,(H,25,27)/t21-/m1/s1. The van der Waals surface area contributed by atoms with Crippen molar-refractivity contribution >= 4 is 5.91 Å². The second-order valence-corrected chi connectivity index (χ2v) is 7.72. The number of amides is 1. The Morgan fingerprint density at radius 1 is 1.07 bits per heavy atom. The number of likely N-dealkylation sites (tertiary alicyclic amines) is 1. The Morgan fingerprint density at radius 2 is 1.74 bits per heavy atom. The van der Waals surface area contributed by atoms with Gasteiger partial charge in [0.05, 0.1) is 23.1 Å². The molecule has 4 nitrogen and oxygen atoms in total. The Hall–Kier alpha value is -2.64. The minimum Gasteiger partial charge on any atom is -0.347 e. The van der Waals surface area contributed by atoms with Gasteiger partial charge in [0.1, 0.15) is 0 Å². The maximum absolute atomic E-state index is 13.2. The molecule has 1 saturated carbocycles. The predicted octanol–water partition coefficient (Wildman–Crippen LogP) is 3.54. The van der Waals surface area contributed by atoms with Crippen molar-refractivity contribution in [3.05, 3.63) is 71.3 Å². The Kier molecular flexibility index (Phi) is 4.96. The average Bonchev–Trinajstić information content (AvgIpc) is 3.38. The van der Waals surface area contributed by atoms with Gasteiger partial charge in [-0.25, -0.2) is 0 Å². The number of hydrogen-bond acceptors (Lipinski definition) is 3. The van der Waals surface area contributed by atoms with E-state index in [0.717, 1.165) is 43.6 Å². The van der Waals surface area contributed by atoms with Crippen molar-refractivity contribution in [3.63, 3.8) is 0 Å². The zero-order chi connectivity index (χ0) is 18.7. The molecule has 0 aromatic heterocycles. The molecule has 1 aliphatic carbocycles. The summed E-state index contributed by atoms with van der Waals surface area (Å²) in [6.45, 7) is 3.08. The molecule has 0 spiro atoms. The summed E-state index contributed by atoms with van der Waals surface area (Å²) >= 11 is 0. The third-order valence-corrected chi connectivity index (χ3v) is 5.90. The van der Waals surface area contributed by atoms with E-state index < -0.39 is 5.41 Å². The van der Waals surface area contributed by atoms with Gasteiger partial charge in [0, 0.05) is 6.54 Å². The van der Waals surface area contributed by atoms with E-state index in [4.69, 9.17) is 5.26 Å². The first kappa shape index (κ1) is 17.8. The first-order chi connectivity index (χ1) is 13.2. The van der Waals surface area contributed by atoms with E-state index in [1.165, 1.54) is 12.8 Å². The van der Waals surface area contributed by atoms with Crippen LogP contribution in [0.4, 0.5) is 0 Å². The lowest BCUT2D eigenvalue weighted by Gasteiger charge is -2.27. The van der Waals surface area contributed by atoms with Crippen LogP contribution in [0.15, 0.2) is 54.6 Å². The number of hydrogen-bond donors (Lipinski definition) is 1. The van der Waals surface area contributed by atoms with Gasteiger partial charge in [0.25, 0.3) is 0 Å². The van der Waals surface area contributed by atoms with E-state index in [1.54, 1.807) is 0 Å². The summed E-state index contributed by atoms with van der Waals surface area (Å²) < 4.78 is 0. The van der Waals surface area contributed by atoms with Crippen molar-refractivity contribution in [1.82, 2.24) is 10.2 Å². The average molecular weight is 359 g/mol. The fourth-order valence-electron chi connectivity index (χ4n) is 4.08. The van der Waals surface area contributed by atoms with Gasteiger partial charge in [-0.2, -0.15) is 5.26 Å². The molecule has 1 heterocycles. The lowest BCUT2D eigenvalue weighted by Crippen LogP contribution is -2.41. The van der Waals surface area contributed by atoms with Gasteiger partial charge in [-0.1, -0.05) is 42.5 Å². The second-order valence-electron chi connectivity index (χ2n) is 7.72. The molecule has 1 N–H and O–H groups in total. The maximum Gasteiger partial charge on any atom is 0.231 e. The highest BCUT2D eigenvalue weighted by Crippen LogP contribution is 2.48. The molecule has 0 radical (unpaired) electrons. The fraction of sp³-hybridized carbons (Fsp3) is 0.391. The molecule has 2 aromatic rings. The van der Waals surface area contributed by atoms with Gasteiger partial charge in [-0.05, 0) is 62.0 Å². The molecule has 0 bridgehead atoms. The number of carbonyl (C=O) groups excluding carboxylic acids is 1. The molecule has 138 valence electrons. The van der Waals surface area contributed by atoms with Crippen molar-refractivity contribution in [3.8, 4) is 6.07 Å². The van der Waals surface area contributed by atoms with Crippen LogP contribution >= 0.6 is 0 Å². The van der Waals surface area contributed by atoms with Gasteiger partial charge in [0.2, 0.25) is 5.91 Å². The molecule has 2 aliphatic rings.